The smallest absolute Gasteiger partial charge is 0.416 e. The van der Waals surface area contributed by atoms with Crippen molar-refractivity contribution in [3.05, 3.63) is 81.5 Å². The average molecular weight is 561 g/mol. The van der Waals surface area contributed by atoms with E-state index in [1.54, 1.807) is 6.92 Å². The molecule has 8 nitrogen and oxygen atoms in total. The zero-order chi connectivity index (χ0) is 28.9. The Hall–Kier alpha value is -4.19. The van der Waals surface area contributed by atoms with Gasteiger partial charge in [-0.05, 0) is 61.8 Å². The maximum Gasteiger partial charge on any atom is 0.416 e. The highest BCUT2D eigenvalue weighted by molar-refractivity contribution is 5.98. The van der Waals surface area contributed by atoms with Crippen molar-refractivity contribution in [3.8, 4) is 16.9 Å². The Morgan fingerprint density at radius 2 is 1.88 bits per heavy atom. The van der Waals surface area contributed by atoms with Gasteiger partial charge in [0.05, 0.1) is 18.6 Å². The van der Waals surface area contributed by atoms with Gasteiger partial charge in [-0.15, -0.1) is 0 Å². The Labute approximate surface area is 227 Å². The quantitative estimate of drug-likeness (QED) is 0.323. The first-order valence-corrected chi connectivity index (χ1v) is 12.7. The molecular formula is C28H28F4N4O4. The van der Waals surface area contributed by atoms with Crippen LogP contribution < -0.4 is 20.9 Å². The SMILES string of the molecule is CCOc1cc(=O)[nH]cc1-c1ccc(CC(=O)Nc2cc(C(=O)NCCN3CCC3)cc(C(F)(F)F)c2)c(F)c1. The highest BCUT2D eigenvalue weighted by Gasteiger charge is 2.32. The van der Waals surface area contributed by atoms with Crippen LogP contribution in [0.15, 0.2) is 53.5 Å². The van der Waals surface area contributed by atoms with Gasteiger partial charge in [0, 0.05) is 42.2 Å². The summed E-state index contributed by atoms with van der Waals surface area (Å²) in [5.74, 6) is -1.93. The Balaban J connectivity index is 1.48. The summed E-state index contributed by atoms with van der Waals surface area (Å²) in [7, 11) is 0. The Kier molecular flexibility index (Phi) is 8.88. The van der Waals surface area contributed by atoms with Crippen LogP contribution in [0.5, 0.6) is 5.75 Å². The number of nitrogens with zero attached hydrogens (tertiary/aromatic N) is 1. The largest absolute Gasteiger partial charge is 0.493 e. The Morgan fingerprint density at radius 1 is 1.10 bits per heavy atom. The molecule has 1 aliphatic heterocycles. The molecule has 3 aromatic rings. The number of rotatable bonds is 10. The lowest BCUT2D eigenvalue weighted by Crippen LogP contribution is -2.42. The molecule has 12 heteroatoms. The third-order valence-corrected chi connectivity index (χ3v) is 6.37. The Bertz CT molecular complexity index is 1450. The van der Waals surface area contributed by atoms with Crippen LogP contribution in [0.25, 0.3) is 11.1 Å². The van der Waals surface area contributed by atoms with Gasteiger partial charge in [-0.1, -0.05) is 12.1 Å². The number of likely N-dealkylation sites (tertiary alicyclic amines) is 1. The first-order valence-electron chi connectivity index (χ1n) is 12.7. The van der Waals surface area contributed by atoms with Crippen LogP contribution in [0.1, 0.15) is 34.8 Å². The number of carbonyl (C=O) groups excluding carboxylic acids is 2. The number of halogens is 4. The first-order chi connectivity index (χ1) is 19.0. The van der Waals surface area contributed by atoms with Crippen LogP contribution in [0, 0.1) is 5.82 Å². The number of hydrogen-bond acceptors (Lipinski definition) is 5. The van der Waals surface area contributed by atoms with Crippen molar-refractivity contribution in [2.45, 2.75) is 25.9 Å². The number of anilines is 1. The van der Waals surface area contributed by atoms with Crippen molar-refractivity contribution in [1.29, 1.82) is 0 Å². The topological polar surface area (TPSA) is 104 Å². The lowest BCUT2D eigenvalue weighted by molar-refractivity contribution is -0.137. The first kappa shape index (κ1) is 28.8. The second kappa shape index (κ2) is 12.3. The van der Waals surface area contributed by atoms with E-state index in [9.17, 15) is 31.9 Å². The zero-order valence-corrected chi connectivity index (χ0v) is 21.7. The monoisotopic (exact) mass is 560 g/mol. The van der Waals surface area contributed by atoms with Gasteiger partial charge in [-0.25, -0.2) is 4.39 Å². The van der Waals surface area contributed by atoms with Gasteiger partial charge in [0.15, 0.2) is 0 Å². The molecule has 1 aliphatic rings. The van der Waals surface area contributed by atoms with Gasteiger partial charge in [-0.3, -0.25) is 14.4 Å². The predicted octanol–water partition coefficient (Wildman–Crippen LogP) is 4.22. The average Bonchev–Trinajstić information content (AvgIpc) is 2.86. The summed E-state index contributed by atoms with van der Waals surface area (Å²) in [6, 6.07) is 7.92. The number of alkyl halides is 3. The van der Waals surface area contributed by atoms with Crippen LogP contribution in [-0.2, 0) is 17.4 Å². The fourth-order valence-electron chi connectivity index (χ4n) is 4.22. The van der Waals surface area contributed by atoms with Gasteiger partial charge in [0.2, 0.25) is 5.91 Å². The van der Waals surface area contributed by atoms with Crippen LogP contribution in [-0.4, -0.2) is 54.5 Å². The van der Waals surface area contributed by atoms with Crippen molar-refractivity contribution >= 4 is 17.5 Å². The second-order valence-electron chi connectivity index (χ2n) is 9.29. The predicted molar refractivity (Wildman–Crippen MR) is 141 cm³/mol. The molecule has 3 N–H and O–H groups in total. The minimum atomic E-state index is -4.75. The van der Waals surface area contributed by atoms with E-state index in [4.69, 9.17) is 4.74 Å². The molecule has 1 fully saturated rings. The molecule has 2 amide bonds. The molecule has 0 atom stereocenters. The highest BCUT2D eigenvalue weighted by Crippen LogP contribution is 2.33. The van der Waals surface area contributed by atoms with Crippen LogP contribution >= 0.6 is 0 Å². The molecule has 1 saturated heterocycles. The number of aromatic nitrogens is 1. The van der Waals surface area contributed by atoms with E-state index < -0.39 is 35.8 Å². The molecule has 0 saturated carbocycles. The summed E-state index contributed by atoms with van der Waals surface area (Å²) in [6.45, 7) is 4.72. The van der Waals surface area contributed by atoms with Crippen molar-refractivity contribution in [2.75, 3.05) is 38.1 Å². The minimum absolute atomic E-state index is 0.000397. The molecule has 0 bridgehead atoms. The molecule has 4 rings (SSSR count). The number of carbonyl (C=O) groups is 2. The van der Waals surface area contributed by atoms with E-state index in [1.165, 1.54) is 30.5 Å². The summed E-state index contributed by atoms with van der Waals surface area (Å²) in [6.07, 6.45) is -2.76. The third kappa shape index (κ3) is 7.26. The standard InChI is InChI=1S/C28H28F4N4O4/c1-2-40-24-15-25(37)34-16-22(24)17-4-5-18(23(29)12-17)13-26(38)35-21-11-19(10-20(14-21)28(30,31)32)27(39)33-6-9-36-7-3-8-36/h4-5,10-12,14-16H,2-3,6-9,13H2,1H3,(H,33,39)(H,34,37)(H,35,38). The number of benzene rings is 2. The lowest BCUT2D eigenvalue weighted by atomic mass is 10.0. The molecule has 1 aromatic heterocycles. The van der Waals surface area contributed by atoms with E-state index in [2.05, 4.69) is 20.5 Å². The maximum absolute atomic E-state index is 14.9. The second-order valence-corrected chi connectivity index (χ2v) is 9.29. The molecule has 2 aromatic carbocycles. The van der Waals surface area contributed by atoms with E-state index in [1.807, 2.05) is 0 Å². The van der Waals surface area contributed by atoms with Crippen molar-refractivity contribution in [1.82, 2.24) is 15.2 Å². The number of hydrogen-bond donors (Lipinski definition) is 3. The van der Waals surface area contributed by atoms with Crippen molar-refractivity contribution in [2.24, 2.45) is 0 Å². The van der Waals surface area contributed by atoms with Gasteiger partial charge < -0.3 is 25.3 Å². The maximum atomic E-state index is 14.9. The molecule has 40 heavy (non-hydrogen) atoms. The molecule has 2 heterocycles. The molecular weight excluding hydrogens is 532 g/mol. The zero-order valence-electron chi connectivity index (χ0n) is 21.7. The van der Waals surface area contributed by atoms with Crippen molar-refractivity contribution < 1.29 is 31.9 Å². The van der Waals surface area contributed by atoms with Crippen LogP contribution in [0.3, 0.4) is 0 Å². The van der Waals surface area contributed by atoms with E-state index in [-0.39, 0.29) is 41.3 Å². The lowest BCUT2D eigenvalue weighted by Gasteiger charge is -2.30. The summed E-state index contributed by atoms with van der Waals surface area (Å²) >= 11 is 0. The minimum Gasteiger partial charge on any atom is -0.493 e. The van der Waals surface area contributed by atoms with Gasteiger partial charge in [0.25, 0.3) is 11.5 Å². The fraction of sp³-hybridized carbons (Fsp3) is 0.321. The summed E-state index contributed by atoms with van der Waals surface area (Å²) in [5, 5.41) is 4.94. The van der Waals surface area contributed by atoms with E-state index in [0.717, 1.165) is 37.7 Å². The van der Waals surface area contributed by atoms with Crippen molar-refractivity contribution in [3.63, 3.8) is 0 Å². The molecule has 0 unspecified atom stereocenters. The van der Waals surface area contributed by atoms with Gasteiger partial charge in [0.1, 0.15) is 11.6 Å². The number of aromatic amines is 1. The number of amides is 2. The molecule has 0 radical (unpaired) electrons. The van der Waals surface area contributed by atoms with Crippen LogP contribution in [0.2, 0.25) is 0 Å². The number of ether oxygens (including phenoxy) is 1. The molecule has 212 valence electrons. The van der Waals surface area contributed by atoms with Gasteiger partial charge in [-0.2, -0.15) is 13.2 Å². The van der Waals surface area contributed by atoms with E-state index >= 15 is 0 Å². The summed E-state index contributed by atoms with van der Waals surface area (Å²) in [5.41, 5.74) is -1.14. The fourth-order valence-corrected chi connectivity index (χ4v) is 4.22. The highest BCUT2D eigenvalue weighted by atomic mass is 19.4. The number of H-pyrrole nitrogens is 1. The summed E-state index contributed by atoms with van der Waals surface area (Å²) in [4.78, 5) is 41.4. The Morgan fingerprint density at radius 3 is 2.52 bits per heavy atom. The summed E-state index contributed by atoms with van der Waals surface area (Å²) < 4.78 is 60.9. The van der Waals surface area contributed by atoms with Gasteiger partial charge >= 0.3 is 6.18 Å². The number of pyridine rings is 1. The molecule has 0 spiro atoms. The third-order valence-electron chi connectivity index (χ3n) is 6.37. The van der Waals surface area contributed by atoms with Crippen LogP contribution in [0.4, 0.5) is 23.2 Å². The molecule has 0 aliphatic carbocycles. The number of nitrogens with one attached hydrogen (secondary N) is 3. The normalized spacial score (nSPS) is 13.4. The van der Waals surface area contributed by atoms with E-state index in [0.29, 0.717) is 17.7 Å².